The quantitative estimate of drug-likeness (QED) is 0.661. The Balaban J connectivity index is 1.61. The monoisotopic (exact) mass is 402 g/mol. The Labute approximate surface area is 169 Å². The standard InChI is InChI=1S/C21H26N2O4S/c1-23-9-7-15(8-10-23)13-27-21(26)19(16-5-3-2-4-6-16)22-12-18-11-17(14-28-18)20(24)25/h2-6,11,14-15,19,22H,7-10,12-13H2,1H3,(H,24,25). The predicted molar refractivity (Wildman–Crippen MR) is 108 cm³/mol. The number of ether oxygens (including phenoxy) is 1. The van der Waals surface area contributed by atoms with Crippen molar-refractivity contribution >= 4 is 23.3 Å². The zero-order chi connectivity index (χ0) is 19.9. The Bertz CT molecular complexity index is 785. The maximum atomic E-state index is 12.8. The number of piperidine rings is 1. The molecule has 3 rings (SSSR count). The molecule has 2 aromatic rings. The number of aromatic carboxylic acids is 1. The molecule has 1 saturated heterocycles. The molecule has 6 nitrogen and oxygen atoms in total. The van der Waals surface area contributed by atoms with Gasteiger partial charge in [-0.1, -0.05) is 30.3 Å². The van der Waals surface area contributed by atoms with Crippen LogP contribution in [0.1, 0.15) is 39.7 Å². The van der Waals surface area contributed by atoms with Crippen LogP contribution in [0.4, 0.5) is 0 Å². The number of rotatable bonds is 8. The lowest BCUT2D eigenvalue weighted by molar-refractivity contribution is -0.148. The Kier molecular flexibility index (Phi) is 7.19. The highest BCUT2D eigenvalue weighted by molar-refractivity contribution is 7.10. The van der Waals surface area contributed by atoms with Gasteiger partial charge in [0.05, 0.1) is 12.2 Å². The topological polar surface area (TPSA) is 78.9 Å². The van der Waals surface area contributed by atoms with Gasteiger partial charge in [-0.25, -0.2) is 9.59 Å². The number of carboxylic acids is 1. The molecule has 2 N–H and O–H groups in total. The lowest BCUT2D eigenvalue weighted by atomic mass is 9.98. The molecule has 1 aliphatic rings. The van der Waals surface area contributed by atoms with Gasteiger partial charge >= 0.3 is 11.9 Å². The summed E-state index contributed by atoms with van der Waals surface area (Å²) >= 11 is 1.36. The first-order valence-corrected chi connectivity index (χ1v) is 10.3. The Hall–Kier alpha value is -2.22. The average molecular weight is 403 g/mol. The van der Waals surface area contributed by atoms with Crippen molar-refractivity contribution in [2.45, 2.75) is 25.4 Å². The van der Waals surface area contributed by atoms with Crippen LogP contribution in [0.3, 0.4) is 0 Å². The first-order valence-electron chi connectivity index (χ1n) is 9.47. The summed E-state index contributed by atoms with van der Waals surface area (Å²) in [6.07, 6.45) is 2.08. The molecule has 28 heavy (non-hydrogen) atoms. The predicted octanol–water partition coefficient (Wildman–Crippen LogP) is 3.16. The number of hydrogen-bond donors (Lipinski definition) is 2. The van der Waals surface area contributed by atoms with Crippen LogP contribution in [-0.4, -0.2) is 48.7 Å². The fraction of sp³-hybridized carbons (Fsp3) is 0.429. The van der Waals surface area contributed by atoms with Crippen molar-refractivity contribution in [2.75, 3.05) is 26.7 Å². The minimum Gasteiger partial charge on any atom is -0.478 e. The minimum absolute atomic E-state index is 0.267. The lowest BCUT2D eigenvalue weighted by Gasteiger charge is -2.29. The van der Waals surface area contributed by atoms with E-state index in [2.05, 4.69) is 17.3 Å². The fourth-order valence-electron chi connectivity index (χ4n) is 3.28. The third-order valence-electron chi connectivity index (χ3n) is 5.05. The Morgan fingerprint density at radius 3 is 2.64 bits per heavy atom. The summed E-state index contributed by atoms with van der Waals surface area (Å²) in [5.74, 6) is -0.827. The summed E-state index contributed by atoms with van der Waals surface area (Å²) < 4.78 is 5.65. The van der Waals surface area contributed by atoms with Crippen LogP contribution in [-0.2, 0) is 16.1 Å². The van der Waals surface area contributed by atoms with Gasteiger partial charge in [0.25, 0.3) is 0 Å². The van der Waals surface area contributed by atoms with Crippen LogP contribution >= 0.6 is 11.3 Å². The molecule has 7 heteroatoms. The van der Waals surface area contributed by atoms with Gasteiger partial charge in [0.2, 0.25) is 0 Å². The number of nitrogens with one attached hydrogen (secondary N) is 1. The van der Waals surface area contributed by atoms with Crippen LogP contribution < -0.4 is 5.32 Å². The third-order valence-corrected chi connectivity index (χ3v) is 5.99. The first kappa shape index (κ1) is 20.5. The second-order valence-corrected chi connectivity index (χ2v) is 8.20. The van der Waals surface area contributed by atoms with Crippen molar-refractivity contribution in [1.29, 1.82) is 0 Å². The molecular weight excluding hydrogens is 376 g/mol. The molecule has 1 atom stereocenters. The minimum atomic E-state index is -0.945. The van der Waals surface area contributed by atoms with E-state index in [0.717, 1.165) is 36.4 Å². The molecule has 1 unspecified atom stereocenters. The van der Waals surface area contributed by atoms with Crippen LogP contribution in [0.2, 0.25) is 0 Å². The lowest BCUT2D eigenvalue weighted by Crippen LogP contribution is -2.34. The third kappa shape index (κ3) is 5.64. The summed E-state index contributed by atoms with van der Waals surface area (Å²) in [6, 6.07) is 10.5. The Morgan fingerprint density at radius 1 is 1.29 bits per heavy atom. The molecule has 0 spiro atoms. The van der Waals surface area contributed by atoms with E-state index in [9.17, 15) is 9.59 Å². The fourth-order valence-corrected chi connectivity index (χ4v) is 4.09. The summed E-state index contributed by atoms with van der Waals surface area (Å²) in [6.45, 7) is 2.92. The first-order chi connectivity index (χ1) is 13.5. The molecule has 2 heterocycles. The van der Waals surface area contributed by atoms with E-state index in [1.807, 2.05) is 30.3 Å². The SMILES string of the molecule is CN1CCC(COC(=O)C(NCc2cc(C(=O)O)cs2)c2ccccc2)CC1. The highest BCUT2D eigenvalue weighted by Gasteiger charge is 2.24. The molecule has 1 aliphatic heterocycles. The second kappa shape index (κ2) is 9.82. The van der Waals surface area contributed by atoms with Gasteiger partial charge in [0.1, 0.15) is 6.04 Å². The molecule has 150 valence electrons. The second-order valence-electron chi connectivity index (χ2n) is 7.21. The zero-order valence-corrected chi connectivity index (χ0v) is 16.8. The molecule has 1 aromatic carbocycles. The van der Waals surface area contributed by atoms with Crippen molar-refractivity contribution in [3.05, 3.63) is 57.8 Å². The van der Waals surface area contributed by atoms with Gasteiger partial charge in [0.15, 0.2) is 0 Å². The summed E-state index contributed by atoms with van der Waals surface area (Å²) in [4.78, 5) is 27.0. The van der Waals surface area contributed by atoms with Gasteiger partial charge in [-0.15, -0.1) is 11.3 Å². The number of carboxylic acid groups (broad SMARTS) is 1. The van der Waals surface area contributed by atoms with E-state index in [1.165, 1.54) is 11.3 Å². The number of carbonyl (C=O) groups excluding carboxylic acids is 1. The van der Waals surface area contributed by atoms with Gasteiger partial charge < -0.3 is 14.7 Å². The molecule has 0 aliphatic carbocycles. The molecular formula is C21H26N2O4S. The average Bonchev–Trinajstić information content (AvgIpc) is 3.18. The van der Waals surface area contributed by atoms with Crippen molar-refractivity contribution in [3.63, 3.8) is 0 Å². The number of esters is 1. The number of hydrogen-bond acceptors (Lipinski definition) is 6. The molecule has 0 amide bonds. The smallest absolute Gasteiger partial charge is 0.336 e. The van der Waals surface area contributed by atoms with Gasteiger partial charge in [-0.05, 0) is 50.5 Å². The summed E-state index contributed by atoms with van der Waals surface area (Å²) in [7, 11) is 2.11. The van der Waals surface area contributed by atoms with E-state index in [0.29, 0.717) is 19.1 Å². The van der Waals surface area contributed by atoms with E-state index in [-0.39, 0.29) is 11.5 Å². The Morgan fingerprint density at radius 2 is 2.00 bits per heavy atom. The van der Waals surface area contributed by atoms with Crippen molar-refractivity contribution in [3.8, 4) is 0 Å². The van der Waals surface area contributed by atoms with Gasteiger partial charge in [-0.3, -0.25) is 5.32 Å². The molecule has 0 saturated carbocycles. The van der Waals surface area contributed by atoms with Crippen molar-refractivity contribution < 1.29 is 19.4 Å². The van der Waals surface area contributed by atoms with Crippen molar-refractivity contribution in [2.24, 2.45) is 5.92 Å². The van der Waals surface area contributed by atoms with Gasteiger partial charge in [-0.2, -0.15) is 0 Å². The molecule has 0 radical (unpaired) electrons. The molecule has 1 aromatic heterocycles. The van der Waals surface area contributed by atoms with E-state index < -0.39 is 12.0 Å². The summed E-state index contributed by atoms with van der Waals surface area (Å²) in [5.41, 5.74) is 1.11. The number of thiophene rings is 1. The maximum absolute atomic E-state index is 12.8. The largest absolute Gasteiger partial charge is 0.478 e. The number of nitrogens with zero attached hydrogens (tertiary/aromatic N) is 1. The van der Waals surface area contributed by atoms with Crippen LogP contribution in [0.25, 0.3) is 0 Å². The number of likely N-dealkylation sites (tertiary alicyclic amines) is 1. The highest BCUT2D eigenvalue weighted by atomic mass is 32.1. The zero-order valence-electron chi connectivity index (χ0n) is 16.0. The maximum Gasteiger partial charge on any atom is 0.336 e. The molecule has 1 fully saturated rings. The molecule has 0 bridgehead atoms. The summed E-state index contributed by atoms with van der Waals surface area (Å²) in [5, 5.41) is 13.9. The van der Waals surface area contributed by atoms with Crippen LogP contribution in [0, 0.1) is 5.92 Å². The normalized spacial score (nSPS) is 16.6. The van der Waals surface area contributed by atoms with E-state index in [1.54, 1.807) is 11.4 Å². The van der Waals surface area contributed by atoms with Crippen molar-refractivity contribution in [1.82, 2.24) is 10.2 Å². The van der Waals surface area contributed by atoms with E-state index in [4.69, 9.17) is 9.84 Å². The van der Waals surface area contributed by atoms with E-state index >= 15 is 0 Å². The van der Waals surface area contributed by atoms with Crippen LogP contribution in [0.5, 0.6) is 0 Å². The van der Waals surface area contributed by atoms with Crippen LogP contribution in [0.15, 0.2) is 41.8 Å². The number of carbonyl (C=O) groups is 2. The highest BCUT2D eigenvalue weighted by Crippen LogP contribution is 2.21. The van der Waals surface area contributed by atoms with Gasteiger partial charge in [0, 0.05) is 16.8 Å². The number of benzene rings is 1.